The summed E-state index contributed by atoms with van der Waals surface area (Å²) in [4.78, 5) is 13.0. The van der Waals surface area contributed by atoms with Gasteiger partial charge in [-0.3, -0.25) is 9.69 Å². The van der Waals surface area contributed by atoms with Gasteiger partial charge in [-0.25, -0.2) is 8.42 Å². The molecule has 0 aromatic carbocycles. The van der Waals surface area contributed by atoms with Crippen LogP contribution in [0.1, 0.15) is 12.8 Å². The Kier molecular flexibility index (Phi) is 6.00. The largest absolute Gasteiger partial charge is 0.402 e. The van der Waals surface area contributed by atoms with Crippen molar-refractivity contribution in [1.82, 2.24) is 14.5 Å². The Hall–Kier alpha value is -0.870. The van der Waals surface area contributed by atoms with E-state index in [1.165, 1.54) is 7.05 Å². The minimum absolute atomic E-state index is 0.168. The van der Waals surface area contributed by atoms with E-state index < -0.39 is 28.8 Å². The van der Waals surface area contributed by atoms with Crippen molar-refractivity contribution >= 4 is 15.9 Å². The molecule has 0 atom stereocenters. The van der Waals surface area contributed by atoms with E-state index in [1.807, 2.05) is 0 Å². The molecule has 21 heavy (non-hydrogen) atoms. The molecule has 0 saturated carbocycles. The highest BCUT2D eigenvalue weighted by molar-refractivity contribution is 7.88. The van der Waals surface area contributed by atoms with E-state index in [4.69, 9.17) is 0 Å². The third-order valence-electron chi connectivity index (χ3n) is 3.37. The number of halogens is 3. The SMILES string of the molecule is CNC(=O)CN1CCC(N(CC(F)(F)F)S(C)(=O)=O)CC1. The number of amides is 1. The standard InChI is InChI=1S/C11H20F3N3O3S/c1-15-10(18)7-16-5-3-9(4-6-16)17(21(2,19)20)8-11(12,13)14/h9H,3-8H2,1-2H3,(H,15,18). The van der Waals surface area contributed by atoms with Gasteiger partial charge in [0, 0.05) is 26.2 Å². The molecule has 0 radical (unpaired) electrons. The molecule has 0 unspecified atom stereocenters. The van der Waals surface area contributed by atoms with Gasteiger partial charge in [-0.1, -0.05) is 0 Å². The van der Waals surface area contributed by atoms with Crippen molar-refractivity contribution in [3.63, 3.8) is 0 Å². The molecule has 10 heteroatoms. The number of carbonyl (C=O) groups is 1. The smallest absolute Gasteiger partial charge is 0.358 e. The maximum atomic E-state index is 12.5. The summed E-state index contributed by atoms with van der Waals surface area (Å²) in [5.41, 5.74) is 0. The molecule has 1 rings (SSSR count). The Labute approximate surface area is 122 Å². The number of piperidine rings is 1. The van der Waals surface area contributed by atoms with E-state index >= 15 is 0 Å². The van der Waals surface area contributed by atoms with Gasteiger partial charge in [-0.2, -0.15) is 17.5 Å². The van der Waals surface area contributed by atoms with Crippen molar-refractivity contribution in [2.45, 2.75) is 25.1 Å². The molecule has 0 bridgehead atoms. The Morgan fingerprint density at radius 3 is 2.24 bits per heavy atom. The zero-order chi connectivity index (χ0) is 16.3. The number of hydrogen-bond acceptors (Lipinski definition) is 4. The molecule has 6 nitrogen and oxygen atoms in total. The van der Waals surface area contributed by atoms with Crippen LogP contribution in [0, 0.1) is 0 Å². The van der Waals surface area contributed by atoms with Crippen LogP contribution in [0.4, 0.5) is 13.2 Å². The number of nitrogens with one attached hydrogen (secondary N) is 1. The number of likely N-dealkylation sites (N-methyl/N-ethyl adjacent to an activating group) is 1. The number of alkyl halides is 3. The lowest BCUT2D eigenvalue weighted by Gasteiger charge is -2.37. The number of rotatable bonds is 5. The molecule has 0 aromatic heterocycles. The Morgan fingerprint density at radius 2 is 1.86 bits per heavy atom. The third kappa shape index (κ3) is 6.18. The Balaban J connectivity index is 2.66. The van der Waals surface area contributed by atoms with Crippen molar-refractivity contribution in [1.29, 1.82) is 0 Å². The second-order valence-corrected chi connectivity index (χ2v) is 7.04. The van der Waals surface area contributed by atoms with E-state index in [1.54, 1.807) is 4.90 Å². The number of nitrogens with zero attached hydrogens (tertiary/aromatic N) is 2. The van der Waals surface area contributed by atoms with Gasteiger partial charge in [0.15, 0.2) is 0 Å². The zero-order valence-corrected chi connectivity index (χ0v) is 12.8. The normalized spacial score (nSPS) is 19.0. The van der Waals surface area contributed by atoms with Crippen molar-refractivity contribution in [3.8, 4) is 0 Å². The maximum absolute atomic E-state index is 12.5. The van der Waals surface area contributed by atoms with Crippen LogP contribution in [0.3, 0.4) is 0 Å². The van der Waals surface area contributed by atoms with Crippen LogP contribution in [-0.2, 0) is 14.8 Å². The van der Waals surface area contributed by atoms with Crippen LogP contribution < -0.4 is 5.32 Å². The molecule has 1 aliphatic heterocycles. The summed E-state index contributed by atoms with van der Waals surface area (Å²) in [5.74, 6) is -0.177. The average molecular weight is 331 g/mol. The minimum Gasteiger partial charge on any atom is -0.358 e. The molecular formula is C11H20F3N3O3S. The van der Waals surface area contributed by atoms with Gasteiger partial charge in [-0.15, -0.1) is 0 Å². The first-order valence-corrected chi connectivity index (χ1v) is 8.34. The molecular weight excluding hydrogens is 311 g/mol. The molecule has 124 valence electrons. The van der Waals surface area contributed by atoms with E-state index in [2.05, 4.69) is 5.32 Å². The summed E-state index contributed by atoms with van der Waals surface area (Å²) in [6, 6.07) is -0.678. The van der Waals surface area contributed by atoms with Gasteiger partial charge < -0.3 is 5.32 Å². The summed E-state index contributed by atoms with van der Waals surface area (Å²) in [5, 5.41) is 2.47. The first kappa shape index (κ1) is 18.2. The molecule has 1 fully saturated rings. The lowest BCUT2D eigenvalue weighted by molar-refractivity contribution is -0.140. The highest BCUT2D eigenvalue weighted by Gasteiger charge is 2.39. The number of carbonyl (C=O) groups excluding carboxylic acids is 1. The van der Waals surface area contributed by atoms with Gasteiger partial charge in [0.2, 0.25) is 15.9 Å². The predicted molar refractivity (Wildman–Crippen MR) is 71.1 cm³/mol. The van der Waals surface area contributed by atoms with Crippen LogP contribution >= 0.6 is 0 Å². The number of likely N-dealkylation sites (tertiary alicyclic amines) is 1. The van der Waals surface area contributed by atoms with Crippen LogP contribution in [0.5, 0.6) is 0 Å². The molecule has 1 saturated heterocycles. The third-order valence-corrected chi connectivity index (χ3v) is 4.65. The minimum atomic E-state index is -4.57. The molecule has 1 N–H and O–H groups in total. The average Bonchev–Trinajstić information content (AvgIpc) is 2.34. The Morgan fingerprint density at radius 1 is 1.33 bits per heavy atom. The molecule has 0 aliphatic carbocycles. The summed E-state index contributed by atoms with van der Waals surface area (Å²) in [7, 11) is -2.42. The van der Waals surface area contributed by atoms with Gasteiger partial charge in [0.1, 0.15) is 6.54 Å². The summed E-state index contributed by atoms with van der Waals surface area (Å²) in [6.45, 7) is -0.517. The van der Waals surface area contributed by atoms with Crippen LogP contribution in [-0.4, -0.2) is 75.2 Å². The van der Waals surface area contributed by atoms with Crippen molar-refractivity contribution < 1.29 is 26.4 Å². The lowest BCUT2D eigenvalue weighted by Crippen LogP contribution is -2.51. The first-order chi connectivity index (χ1) is 9.53. The molecule has 0 aromatic rings. The summed E-state index contributed by atoms with van der Waals surface area (Å²) < 4.78 is 61.2. The second kappa shape index (κ2) is 6.93. The summed E-state index contributed by atoms with van der Waals surface area (Å²) >= 11 is 0. The summed E-state index contributed by atoms with van der Waals surface area (Å²) in [6.07, 6.45) is -3.22. The number of hydrogen-bond donors (Lipinski definition) is 1. The van der Waals surface area contributed by atoms with Crippen LogP contribution in [0.15, 0.2) is 0 Å². The van der Waals surface area contributed by atoms with Gasteiger partial charge in [-0.05, 0) is 12.8 Å². The van der Waals surface area contributed by atoms with Crippen LogP contribution in [0.2, 0.25) is 0 Å². The molecule has 0 spiro atoms. The highest BCUT2D eigenvalue weighted by Crippen LogP contribution is 2.24. The van der Waals surface area contributed by atoms with Crippen molar-refractivity contribution in [2.24, 2.45) is 0 Å². The van der Waals surface area contributed by atoms with Crippen molar-refractivity contribution in [2.75, 3.05) is 39.5 Å². The molecule has 1 amide bonds. The topological polar surface area (TPSA) is 69.7 Å². The predicted octanol–water partition coefficient (Wildman–Crippen LogP) is 0.0207. The van der Waals surface area contributed by atoms with E-state index in [0.29, 0.717) is 17.4 Å². The fourth-order valence-electron chi connectivity index (χ4n) is 2.34. The second-order valence-electron chi connectivity index (χ2n) is 5.10. The number of sulfonamides is 1. The zero-order valence-electron chi connectivity index (χ0n) is 12.0. The highest BCUT2D eigenvalue weighted by atomic mass is 32.2. The van der Waals surface area contributed by atoms with Gasteiger partial charge in [0.25, 0.3) is 0 Å². The van der Waals surface area contributed by atoms with Crippen LogP contribution in [0.25, 0.3) is 0 Å². The van der Waals surface area contributed by atoms with E-state index in [0.717, 1.165) is 6.26 Å². The quantitative estimate of drug-likeness (QED) is 0.771. The van der Waals surface area contributed by atoms with Crippen molar-refractivity contribution in [3.05, 3.63) is 0 Å². The van der Waals surface area contributed by atoms with E-state index in [9.17, 15) is 26.4 Å². The molecule has 1 heterocycles. The fraction of sp³-hybridized carbons (Fsp3) is 0.909. The maximum Gasteiger partial charge on any atom is 0.402 e. The Bertz CT molecular complexity index is 459. The van der Waals surface area contributed by atoms with Gasteiger partial charge in [0.05, 0.1) is 12.8 Å². The van der Waals surface area contributed by atoms with Gasteiger partial charge >= 0.3 is 6.18 Å². The fourth-order valence-corrected chi connectivity index (χ4v) is 3.47. The monoisotopic (exact) mass is 331 g/mol. The first-order valence-electron chi connectivity index (χ1n) is 6.49. The van der Waals surface area contributed by atoms with E-state index in [-0.39, 0.29) is 25.3 Å². The molecule has 1 aliphatic rings. The lowest BCUT2D eigenvalue weighted by atomic mass is 10.1.